The van der Waals surface area contributed by atoms with Crippen molar-refractivity contribution >= 4 is 21.9 Å². The normalized spacial score (nSPS) is 23.8. The maximum Gasteiger partial charge on any atom is 0.322 e. The van der Waals surface area contributed by atoms with Gasteiger partial charge in [-0.05, 0) is 20.6 Å². The fourth-order valence-corrected chi connectivity index (χ4v) is 0.345. The summed E-state index contributed by atoms with van der Waals surface area (Å²) in [5, 5.41) is 0. The van der Waals surface area contributed by atoms with Gasteiger partial charge in [-0.3, -0.25) is 4.79 Å². The molecule has 0 saturated heterocycles. The van der Waals surface area contributed by atoms with Crippen LogP contribution in [-0.2, 0) is 9.53 Å². The first kappa shape index (κ1) is 2.91. The Kier molecular flexibility index (Phi) is 1.03. The molecule has 2 nitrogen and oxygen atoms in total. The van der Waals surface area contributed by atoms with E-state index in [9.17, 15) is 4.79 Å². The van der Waals surface area contributed by atoms with Crippen molar-refractivity contribution in [1.82, 2.24) is 0 Å². The molecule has 0 aliphatic rings. The number of hydrogen-bond acceptors (Lipinski definition) is 2. The van der Waals surface area contributed by atoms with Gasteiger partial charge in [0.15, 0.2) is 0 Å². The predicted molar refractivity (Wildman–Crippen MR) is 39.6 cm³/mol. The van der Waals surface area contributed by atoms with Gasteiger partial charge in [-0.2, -0.15) is 0 Å². The average Bonchev–Trinajstić information content (AvgIpc) is 1.99. The van der Waals surface area contributed by atoms with Gasteiger partial charge in [-0.25, -0.2) is 0 Å². The molecule has 0 N–H and O–H groups in total. The Labute approximate surface area is 72.1 Å². The molecule has 3 heteroatoms. The second kappa shape index (κ2) is 3.20. The van der Waals surface area contributed by atoms with E-state index in [1.54, 1.807) is 0 Å². The molecule has 0 bridgehead atoms. The minimum atomic E-state index is -3.01. The second-order valence-electron chi connectivity index (χ2n) is 1.38. The van der Waals surface area contributed by atoms with E-state index in [0.717, 1.165) is 0 Å². The largest absolute Gasteiger partial charge is 0.465 e. The van der Waals surface area contributed by atoms with Crippen LogP contribution in [0.15, 0.2) is 0 Å². The second-order valence-corrected chi connectivity index (χ2v) is 2.57. The molecule has 0 heterocycles. The molecule has 0 aromatic rings. The number of rotatable bonds is 2. The first-order valence-electron chi connectivity index (χ1n) is 5.34. The third-order valence-electron chi connectivity index (χ3n) is 0.557. The van der Waals surface area contributed by atoms with Crippen LogP contribution in [0.5, 0.6) is 0 Å². The van der Waals surface area contributed by atoms with Crippen molar-refractivity contribution in [3.05, 3.63) is 0 Å². The average molecular weight is 201 g/mol. The van der Waals surface area contributed by atoms with Gasteiger partial charge in [-0.1, -0.05) is 15.9 Å². The minimum absolute atomic E-state index is 0.0850. The maximum absolute atomic E-state index is 11.4. The van der Waals surface area contributed by atoms with Crippen LogP contribution in [0.2, 0.25) is 0 Å². The van der Waals surface area contributed by atoms with Crippen LogP contribution < -0.4 is 0 Å². The van der Waals surface area contributed by atoms with Crippen LogP contribution >= 0.6 is 15.9 Å². The lowest BCUT2D eigenvalue weighted by atomic mass is 10.2. The van der Waals surface area contributed by atoms with Crippen molar-refractivity contribution in [2.45, 2.75) is 25.0 Å². The third kappa shape index (κ3) is 3.51. The molecule has 0 rings (SSSR count). The van der Waals surface area contributed by atoms with Crippen LogP contribution in [0.3, 0.4) is 0 Å². The van der Waals surface area contributed by atoms with Crippen molar-refractivity contribution in [2.75, 3.05) is 6.61 Å². The zero-order valence-corrected chi connectivity index (χ0v) is 6.49. The Bertz CT molecular complexity index is 231. The number of alkyl halides is 1. The van der Waals surface area contributed by atoms with Crippen LogP contribution in [0, 0.1) is 0 Å². The number of halogens is 1. The summed E-state index contributed by atoms with van der Waals surface area (Å²) in [6, 6.07) is 0. The van der Waals surface area contributed by atoms with Crippen molar-refractivity contribution in [1.29, 1.82) is 0 Å². The highest BCUT2D eigenvalue weighted by atomic mass is 79.9. The summed E-state index contributed by atoms with van der Waals surface area (Å²) in [5.41, 5.74) is 0. The van der Waals surface area contributed by atoms with E-state index >= 15 is 0 Å². The first-order chi connectivity index (χ1) is 6.48. The summed E-state index contributed by atoms with van der Waals surface area (Å²) in [7, 11) is 0. The topological polar surface area (TPSA) is 26.3 Å². The summed E-state index contributed by atoms with van der Waals surface area (Å²) in [6.45, 7) is -4.64. The Hall–Kier alpha value is -0.0500. The summed E-state index contributed by atoms with van der Waals surface area (Å²) in [4.78, 5) is 11.4. The maximum atomic E-state index is 11.4. The Morgan fingerprint density at radius 2 is 2.44 bits per heavy atom. The molecule has 0 radical (unpaired) electrons. The SMILES string of the molecule is [2H]C([2H])([2H])C(Br)(C(=O)OCC)C([2H])([2H])[2H]. The molecule has 0 aromatic carbocycles. The summed E-state index contributed by atoms with van der Waals surface area (Å²) >= 11 is 2.49. The molecule has 0 amide bonds. The van der Waals surface area contributed by atoms with Crippen LogP contribution in [0.25, 0.3) is 0 Å². The van der Waals surface area contributed by atoms with E-state index in [2.05, 4.69) is 20.7 Å². The molecular weight excluding hydrogens is 184 g/mol. The Morgan fingerprint density at radius 3 is 2.78 bits per heavy atom. The molecule has 0 aromatic heterocycles. The fraction of sp³-hybridized carbons (Fsp3) is 0.833. The smallest absolute Gasteiger partial charge is 0.322 e. The number of carbonyl (C=O) groups excluding carboxylic acids is 1. The van der Waals surface area contributed by atoms with Crippen molar-refractivity contribution in [3.63, 3.8) is 0 Å². The van der Waals surface area contributed by atoms with Gasteiger partial charge in [0.05, 0.1) is 6.61 Å². The van der Waals surface area contributed by atoms with Crippen LogP contribution in [0.1, 0.15) is 28.9 Å². The van der Waals surface area contributed by atoms with Gasteiger partial charge in [0.1, 0.15) is 4.32 Å². The number of ether oxygens (including phenoxy) is 1. The molecule has 9 heavy (non-hydrogen) atoms. The molecular formula is C6H11BrO2. The number of esters is 1. The molecule has 0 atom stereocenters. The lowest BCUT2D eigenvalue weighted by molar-refractivity contribution is -0.144. The van der Waals surface area contributed by atoms with E-state index in [0.29, 0.717) is 0 Å². The lowest BCUT2D eigenvalue weighted by Gasteiger charge is -2.12. The van der Waals surface area contributed by atoms with Gasteiger partial charge in [0.25, 0.3) is 0 Å². The van der Waals surface area contributed by atoms with Crippen molar-refractivity contribution in [3.8, 4) is 0 Å². The summed E-state index contributed by atoms with van der Waals surface area (Å²) in [5.74, 6) is -1.30. The molecule has 0 spiro atoms. The van der Waals surface area contributed by atoms with Gasteiger partial charge < -0.3 is 4.74 Å². The summed E-state index contributed by atoms with van der Waals surface area (Å²) < 4.78 is 44.2. The molecule has 0 unspecified atom stereocenters. The molecule has 0 aliphatic carbocycles. The van der Waals surface area contributed by atoms with Gasteiger partial charge in [-0.15, -0.1) is 0 Å². The lowest BCUT2D eigenvalue weighted by Crippen LogP contribution is -2.26. The van der Waals surface area contributed by atoms with Crippen molar-refractivity contribution < 1.29 is 17.8 Å². The van der Waals surface area contributed by atoms with E-state index in [-0.39, 0.29) is 6.61 Å². The first-order valence-corrected chi connectivity index (χ1v) is 3.14. The van der Waals surface area contributed by atoms with Crippen LogP contribution in [0.4, 0.5) is 0 Å². The third-order valence-corrected chi connectivity index (χ3v) is 0.880. The number of carbonyl (C=O) groups is 1. The zero-order valence-electron chi connectivity index (χ0n) is 10.9. The summed E-state index contributed by atoms with van der Waals surface area (Å²) in [6.07, 6.45) is 0. The predicted octanol–water partition coefficient (Wildman–Crippen LogP) is 1.72. The molecule has 0 saturated carbocycles. The molecule has 0 fully saturated rings. The monoisotopic (exact) mass is 200 g/mol. The van der Waals surface area contributed by atoms with Gasteiger partial charge in [0, 0.05) is 8.22 Å². The highest BCUT2D eigenvalue weighted by Crippen LogP contribution is 2.16. The highest BCUT2D eigenvalue weighted by Gasteiger charge is 2.24. The van der Waals surface area contributed by atoms with Gasteiger partial charge >= 0.3 is 5.97 Å². The quantitative estimate of drug-likeness (QED) is 0.502. The fourth-order valence-electron chi connectivity index (χ4n) is 0.231. The molecule has 0 aliphatic heterocycles. The minimum Gasteiger partial charge on any atom is -0.465 e. The zero-order chi connectivity index (χ0) is 12.5. The van der Waals surface area contributed by atoms with Crippen molar-refractivity contribution in [2.24, 2.45) is 0 Å². The highest BCUT2D eigenvalue weighted by molar-refractivity contribution is 9.10. The standard InChI is InChI=1S/C6H11BrO2/c1-4-9-5(8)6(2,3)7/h4H2,1-3H3/i2D3,3D3. The van der Waals surface area contributed by atoms with Gasteiger partial charge in [0.2, 0.25) is 0 Å². The van der Waals surface area contributed by atoms with E-state index in [1.165, 1.54) is 6.92 Å². The Morgan fingerprint density at radius 1 is 1.89 bits per heavy atom. The van der Waals surface area contributed by atoms with E-state index < -0.39 is 24.0 Å². The van der Waals surface area contributed by atoms with E-state index in [4.69, 9.17) is 8.22 Å². The number of hydrogen-bond donors (Lipinski definition) is 0. The van der Waals surface area contributed by atoms with Crippen LogP contribution in [-0.4, -0.2) is 16.9 Å². The van der Waals surface area contributed by atoms with E-state index in [1.807, 2.05) is 0 Å². The molecule has 54 valence electrons. The Balaban J connectivity index is 5.33.